The first-order valence-corrected chi connectivity index (χ1v) is 9.63. The molecule has 1 N–H and O–H groups in total. The minimum atomic E-state index is -0.797. The van der Waals surface area contributed by atoms with Gasteiger partial charge in [-0.1, -0.05) is 12.1 Å². The van der Waals surface area contributed by atoms with Crippen LogP contribution in [-0.4, -0.2) is 61.6 Å². The number of piperazine rings is 1. The molecule has 0 unspecified atom stereocenters. The molecular formula is C20H24F2N6. The van der Waals surface area contributed by atoms with Crippen LogP contribution in [-0.2, 0) is 6.42 Å². The largest absolute Gasteiger partial charge is 0.366 e. The Bertz CT molecular complexity index is 820. The lowest BCUT2D eigenvalue weighted by atomic mass is 10.1. The molecule has 3 heterocycles. The van der Waals surface area contributed by atoms with E-state index in [4.69, 9.17) is 5.41 Å². The Morgan fingerprint density at radius 1 is 1.04 bits per heavy atom. The molecule has 28 heavy (non-hydrogen) atoms. The highest BCUT2D eigenvalue weighted by Crippen LogP contribution is 2.25. The minimum absolute atomic E-state index is 0.232. The Hall–Kier alpha value is -2.77. The summed E-state index contributed by atoms with van der Waals surface area (Å²) in [5, 5.41) is 7.21. The maximum absolute atomic E-state index is 14.7. The highest BCUT2D eigenvalue weighted by atomic mass is 19.1. The summed E-state index contributed by atoms with van der Waals surface area (Å²) in [6.07, 6.45) is 4.84. The van der Waals surface area contributed by atoms with Crippen LogP contribution in [0.15, 0.2) is 30.6 Å². The molecule has 0 amide bonds. The van der Waals surface area contributed by atoms with Gasteiger partial charge in [0.2, 0.25) is 5.95 Å². The van der Waals surface area contributed by atoms with E-state index >= 15 is 0 Å². The third-order valence-electron chi connectivity index (χ3n) is 5.40. The molecule has 2 aliphatic rings. The fourth-order valence-corrected chi connectivity index (χ4v) is 3.82. The molecule has 0 bridgehead atoms. The Balaban J connectivity index is 1.39. The summed E-state index contributed by atoms with van der Waals surface area (Å²) in [5.41, 5.74) is 2.08. The zero-order chi connectivity index (χ0) is 19.5. The van der Waals surface area contributed by atoms with Crippen LogP contribution in [0, 0.1) is 11.2 Å². The molecule has 2 aliphatic heterocycles. The smallest absolute Gasteiger partial charge is 0.225 e. The third kappa shape index (κ3) is 3.76. The number of hydrogen-bond donors (Lipinski definition) is 1. The molecule has 4 rings (SSSR count). The van der Waals surface area contributed by atoms with Gasteiger partial charge in [0.15, 0.2) is 0 Å². The van der Waals surface area contributed by atoms with Gasteiger partial charge < -0.3 is 20.1 Å². The highest BCUT2D eigenvalue weighted by molar-refractivity contribution is 5.61. The lowest BCUT2D eigenvalue weighted by Gasteiger charge is -2.37. The van der Waals surface area contributed by atoms with E-state index in [-0.39, 0.29) is 5.82 Å². The van der Waals surface area contributed by atoms with E-state index in [0.29, 0.717) is 56.2 Å². The van der Waals surface area contributed by atoms with Gasteiger partial charge in [0, 0.05) is 39.1 Å². The standard InChI is InChI=1S/C20H24F2N6/c21-16-5-7-28(14-16)20-24-12-17(13-25-20)26-8-10-27(11-9-26)18-3-1-2-15(4-6-23)19(18)22/h1-3,6,12-13,16,23H,4-5,7-11,14H2/t16-/m1/s1. The zero-order valence-corrected chi connectivity index (χ0v) is 15.7. The Morgan fingerprint density at radius 3 is 2.39 bits per heavy atom. The van der Waals surface area contributed by atoms with Crippen LogP contribution < -0.4 is 14.7 Å². The molecule has 1 aromatic heterocycles. The number of nitrogens with one attached hydrogen (secondary N) is 1. The average Bonchev–Trinajstić information content (AvgIpc) is 3.16. The minimum Gasteiger partial charge on any atom is -0.366 e. The van der Waals surface area contributed by atoms with E-state index < -0.39 is 6.17 Å². The number of aromatic nitrogens is 2. The highest BCUT2D eigenvalue weighted by Gasteiger charge is 2.25. The van der Waals surface area contributed by atoms with E-state index in [1.165, 1.54) is 6.21 Å². The van der Waals surface area contributed by atoms with Gasteiger partial charge in [0.05, 0.1) is 30.3 Å². The maximum Gasteiger partial charge on any atom is 0.225 e. The number of halogens is 2. The topological polar surface area (TPSA) is 59.4 Å². The molecule has 2 aromatic rings. The summed E-state index contributed by atoms with van der Waals surface area (Å²) in [4.78, 5) is 14.9. The van der Waals surface area contributed by atoms with Gasteiger partial charge in [-0.2, -0.15) is 0 Å². The molecule has 2 saturated heterocycles. The van der Waals surface area contributed by atoms with Gasteiger partial charge in [-0.15, -0.1) is 0 Å². The average molecular weight is 386 g/mol. The first-order chi connectivity index (χ1) is 13.7. The molecule has 0 spiro atoms. The van der Waals surface area contributed by atoms with Gasteiger partial charge in [-0.3, -0.25) is 0 Å². The number of nitrogens with zero attached hydrogens (tertiary/aromatic N) is 5. The van der Waals surface area contributed by atoms with Crippen molar-refractivity contribution in [2.45, 2.75) is 19.0 Å². The maximum atomic E-state index is 14.7. The van der Waals surface area contributed by atoms with E-state index in [1.54, 1.807) is 24.5 Å². The van der Waals surface area contributed by atoms with Crippen molar-refractivity contribution in [2.75, 3.05) is 54.0 Å². The molecular weight excluding hydrogens is 362 g/mol. The van der Waals surface area contributed by atoms with Crippen LogP contribution in [0.4, 0.5) is 26.1 Å². The third-order valence-corrected chi connectivity index (χ3v) is 5.40. The summed E-state index contributed by atoms with van der Waals surface area (Å²) >= 11 is 0. The SMILES string of the molecule is N=CCc1cccc(N2CCN(c3cnc(N4CC[C@@H](F)C4)nc3)CC2)c1F. The second-order valence-corrected chi connectivity index (χ2v) is 7.21. The molecule has 1 atom stereocenters. The Morgan fingerprint density at radius 2 is 1.75 bits per heavy atom. The molecule has 8 heteroatoms. The molecule has 1 aromatic carbocycles. The quantitative estimate of drug-likeness (QED) is 0.801. The summed E-state index contributed by atoms with van der Waals surface area (Å²) in [6, 6.07) is 5.37. The normalized spacial score (nSPS) is 19.9. The number of hydrogen-bond acceptors (Lipinski definition) is 6. The van der Waals surface area contributed by atoms with Gasteiger partial charge in [0.1, 0.15) is 12.0 Å². The summed E-state index contributed by atoms with van der Waals surface area (Å²) in [6.45, 7) is 3.90. The van der Waals surface area contributed by atoms with Crippen molar-refractivity contribution >= 4 is 23.5 Å². The predicted molar refractivity (Wildman–Crippen MR) is 107 cm³/mol. The summed E-state index contributed by atoms with van der Waals surface area (Å²) in [7, 11) is 0. The van der Waals surface area contributed by atoms with Crippen molar-refractivity contribution < 1.29 is 8.78 Å². The molecule has 148 valence electrons. The van der Waals surface area contributed by atoms with Gasteiger partial charge in [0.25, 0.3) is 0 Å². The van der Waals surface area contributed by atoms with Crippen molar-refractivity contribution in [2.24, 2.45) is 0 Å². The molecule has 0 saturated carbocycles. The molecule has 2 fully saturated rings. The van der Waals surface area contributed by atoms with Crippen LogP contribution in [0.25, 0.3) is 0 Å². The first-order valence-electron chi connectivity index (χ1n) is 9.63. The lowest BCUT2D eigenvalue weighted by Crippen LogP contribution is -2.47. The van der Waals surface area contributed by atoms with Crippen molar-refractivity contribution in [3.05, 3.63) is 42.0 Å². The van der Waals surface area contributed by atoms with E-state index in [1.807, 2.05) is 15.9 Å². The van der Waals surface area contributed by atoms with Crippen molar-refractivity contribution in [3.8, 4) is 0 Å². The molecule has 0 radical (unpaired) electrons. The summed E-state index contributed by atoms with van der Waals surface area (Å²) < 4.78 is 28.0. The van der Waals surface area contributed by atoms with E-state index in [9.17, 15) is 8.78 Å². The van der Waals surface area contributed by atoms with Gasteiger partial charge >= 0.3 is 0 Å². The van der Waals surface area contributed by atoms with Crippen molar-refractivity contribution in [1.29, 1.82) is 5.41 Å². The first kappa shape index (κ1) is 18.6. The van der Waals surface area contributed by atoms with Gasteiger partial charge in [-0.05, 0) is 24.3 Å². The molecule has 6 nitrogen and oxygen atoms in total. The number of alkyl halides is 1. The van der Waals surface area contributed by atoms with Crippen LogP contribution in [0.2, 0.25) is 0 Å². The fraction of sp³-hybridized carbons (Fsp3) is 0.450. The van der Waals surface area contributed by atoms with Crippen LogP contribution in [0.1, 0.15) is 12.0 Å². The van der Waals surface area contributed by atoms with Crippen molar-refractivity contribution in [1.82, 2.24) is 9.97 Å². The Kier molecular flexibility index (Phi) is 5.36. The Labute approximate surface area is 163 Å². The van der Waals surface area contributed by atoms with Crippen LogP contribution >= 0.6 is 0 Å². The monoisotopic (exact) mass is 386 g/mol. The lowest BCUT2D eigenvalue weighted by molar-refractivity contribution is 0.364. The summed E-state index contributed by atoms with van der Waals surface area (Å²) in [5.74, 6) is 0.344. The number of rotatable bonds is 5. The number of anilines is 3. The van der Waals surface area contributed by atoms with E-state index in [2.05, 4.69) is 14.9 Å². The second-order valence-electron chi connectivity index (χ2n) is 7.21. The van der Waals surface area contributed by atoms with Gasteiger partial charge in [-0.25, -0.2) is 18.7 Å². The second kappa shape index (κ2) is 8.08. The van der Waals surface area contributed by atoms with Crippen LogP contribution in [0.5, 0.6) is 0 Å². The van der Waals surface area contributed by atoms with E-state index in [0.717, 1.165) is 18.8 Å². The molecule has 0 aliphatic carbocycles. The zero-order valence-electron chi connectivity index (χ0n) is 15.7. The van der Waals surface area contributed by atoms with Crippen LogP contribution in [0.3, 0.4) is 0 Å². The fourth-order valence-electron chi connectivity index (χ4n) is 3.82. The van der Waals surface area contributed by atoms with Crippen molar-refractivity contribution in [3.63, 3.8) is 0 Å². The predicted octanol–water partition coefficient (Wildman–Crippen LogP) is 2.68. The number of benzene rings is 1.